The lowest BCUT2D eigenvalue weighted by Gasteiger charge is -2.35. The third-order valence-electron chi connectivity index (χ3n) is 5.48. The zero-order valence-corrected chi connectivity index (χ0v) is 15.4. The molecule has 1 amide bonds. The van der Waals surface area contributed by atoms with Gasteiger partial charge < -0.3 is 14.5 Å². The monoisotopic (exact) mass is 368 g/mol. The van der Waals surface area contributed by atoms with Crippen LogP contribution in [0.3, 0.4) is 0 Å². The summed E-state index contributed by atoms with van der Waals surface area (Å²) in [6, 6.07) is 14.4. The number of nitrogens with zero attached hydrogens (tertiary/aromatic N) is 2. The number of likely N-dealkylation sites (tertiary alicyclic amines) is 1. The Kier molecular flexibility index (Phi) is 5.39. The van der Waals surface area contributed by atoms with Crippen LogP contribution in [0.5, 0.6) is 5.75 Å². The van der Waals surface area contributed by atoms with Crippen LogP contribution in [-0.2, 0) is 11.2 Å². The van der Waals surface area contributed by atoms with Gasteiger partial charge in [0.2, 0.25) is 5.91 Å². The number of hydrogen-bond acceptors (Lipinski definition) is 3. The lowest BCUT2D eigenvalue weighted by atomic mass is 10.0. The van der Waals surface area contributed by atoms with E-state index in [0.717, 1.165) is 56.9 Å². The van der Waals surface area contributed by atoms with Crippen LogP contribution in [0.2, 0.25) is 0 Å². The molecule has 5 heteroatoms. The molecule has 4 nitrogen and oxygen atoms in total. The maximum absolute atomic E-state index is 13.0. The fraction of sp³-hybridized carbons (Fsp3) is 0.409. The SMILES string of the molecule is O=C1CCc2ccccc2N1CCN1CCC(Oc2ccc(F)cc2)CC1. The van der Waals surface area contributed by atoms with E-state index in [4.69, 9.17) is 4.74 Å². The summed E-state index contributed by atoms with van der Waals surface area (Å²) in [6.07, 6.45) is 3.51. The Morgan fingerprint density at radius 2 is 1.70 bits per heavy atom. The average Bonchev–Trinajstić information content (AvgIpc) is 2.70. The molecule has 0 saturated carbocycles. The van der Waals surface area contributed by atoms with Gasteiger partial charge >= 0.3 is 0 Å². The molecule has 2 aromatic rings. The van der Waals surface area contributed by atoms with E-state index >= 15 is 0 Å². The van der Waals surface area contributed by atoms with Crippen molar-refractivity contribution >= 4 is 11.6 Å². The number of carbonyl (C=O) groups excluding carboxylic acids is 1. The molecule has 0 N–H and O–H groups in total. The molecule has 1 fully saturated rings. The highest BCUT2D eigenvalue weighted by Gasteiger charge is 2.25. The van der Waals surface area contributed by atoms with Gasteiger partial charge in [-0.1, -0.05) is 18.2 Å². The normalized spacial score (nSPS) is 18.4. The van der Waals surface area contributed by atoms with Crippen molar-refractivity contribution < 1.29 is 13.9 Å². The number of anilines is 1. The summed E-state index contributed by atoms with van der Waals surface area (Å²) in [6.45, 7) is 3.52. The average molecular weight is 368 g/mol. The number of aryl methyl sites for hydroxylation is 1. The predicted octanol–water partition coefficient (Wildman–Crippen LogP) is 3.65. The molecule has 0 bridgehead atoms. The van der Waals surface area contributed by atoms with Crippen LogP contribution in [0.4, 0.5) is 10.1 Å². The Bertz CT molecular complexity index is 785. The van der Waals surface area contributed by atoms with E-state index < -0.39 is 0 Å². The maximum atomic E-state index is 13.0. The molecule has 0 unspecified atom stereocenters. The number of fused-ring (bicyclic) bond motifs is 1. The fourth-order valence-corrected chi connectivity index (χ4v) is 3.94. The van der Waals surface area contributed by atoms with Crippen LogP contribution in [-0.4, -0.2) is 43.1 Å². The summed E-state index contributed by atoms with van der Waals surface area (Å²) in [5, 5.41) is 0. The highest BCUT2D eigenvalue weighted by molar-refractivity contribution is 5.96. The summed E-state index contributed by atoms with van der Waals surface area (Å²) in [4.78, 5) is 16.7. The van der Waals surface area contributed by atoms with Crippen molar-refractivity contribution in [2.24, 2.45) is 0 Å². The van der Waals surface area contributed by atoms with E-state index in [1.165, 1.54) is 17.7 Å². The second-order valence-electron chi connectivity index (χ2n) is 7.29. The smallest absolute Gasteiger partial charge is 0.227 e. The number of piperidine rings is 1. The van der Waals surface area contributed by atoms with Gasteiger partial charge in [0.25, 0.3) is 0 Å². The van der Waals surface area contributed by atoms with Crippen LogP contribution in [0, 0.1) is 5.82 Å². The van der Waals surface area contributed by atoms with Crippen molar-refractivity contribution in [1.29, 1.82) is 0 Å². The van der Waals surface area contributed by atoms with Crippen LogP contribution >= 0.6 is 0 Å². The minimum Gasteiger partial charge on any atom is -0.490 e. The highest BCUT2D eigenvalue weighted by Crippen LogP contribution is 2.27. The Morgan fingerprint density at radius 1 is 0.963 bits per heavy atom. The van der Waals surface area contributed by atoms with Crippen LogP contribution < -0.4 is 9.64 Å². The second-order valence-corrected chi connectivity index (χ2v) is 7.29. The van der Waals surface area contributed by atoms with Gasteiger partial charge in [0, 0.05) is 38.3 Å². The first-order chi connectivity index (χ1) is 13.2. The number of rotatable bonds is 5. The van der Waals surface area contributed by atoms with Crippen LogP contribution in [0.15, 0.2) is 48.5 Å². The summed E-state index contributed by atoms with van der Waals surface area (Å²) in [7, 11) is 0. The summed E-state index contributed by atoms with van der Waals surface area (Å²) in [5.74, 6) is 0.708. The molecule has 2 aliphatic rings. The third-order valence-corrected chi connectivity index (χ3v) is 5.48. The van der Waals surface area contributed by atoms with Crippen LogP contribution in [0.1, 0.15) is 24.8 Å². The molecular formula is C22H25FN2O2. The van der Waals surface area contributed by atoms with Crippen molar-refractivity contribution in [2.75, 3.05) is 31.1 Å². The predicted molar refractivity (Wildman–Crippen MR) is 104 cm³/mol. The standard InChI is InChI=1S/C22H25FN2O2/c23-18-6-8-19(9-7-18)27-20-11-13-24(14-12-20)15-16-25-21-4-2-1-3-17(21)5-10-22(25)26/h1-4,6-9,20H,5,10-16H2. The number of hydrogen-bond donors (Lipinski definition) is 0. The fourth-order valence-electron chi connectivity index (χ4n) is 3.94. The Morgan fingerprint density at radius 3 is 2.48 bits per heavy atom. The zero-order chi connectivity index (χ0) is 18.6. The van der Waals surface area contributed by atoms with Crippen molar-refractivity contribution in [1.82, 2.24) is 4.90 Å². The number of carbonyl (C=O) groups is 1. The number of para-hydroxylation sites is 1. The molecule has 1 saturated heterocycles. The van der Waals surface area contributed by atoms with Gasteiger partial charge in [-0.25, -0.2) is 4.39 Å². The van der Waals surface area contributed by atoms with E-state index in [9.17, 15) is 9.18 Å². The Hall–Kier alpha value is -2.40. The van der Waals surface area contributed by atoms with Crippen molar-refractivity contribution in [3.05, 3.63) is 59.9 Å². The summed E-state index contributed by atoms with van der Waals surface area (Å²) < 4.78 is 18.9. The third kappa shape index (κ3) is 4.30. The van der Waals surface area contributed by atoms with Crippen molar-refractivity contribution in [2.45, 2.75) is 31.8 Å². The molecule has 0 radical (unpaired) electrons. The molecule has 0 aliphatic carbocycles. The van der Waals surface area contributed by atoms with Gasteiger partial charge in [-0.3, -0.25) is 4.79 Å². The van der Waals surface area contributed by atoms with Gasteiger partial charge in [-0.15, -0.1) is 0 Å². The number of ether oxygens (including phenoxy) is 1. The Labute approximate surface area is 159 Å². The van der Waals surface area contributed by atoms with E-state index in [2.05, 4.69) is 17.0 Å². The lowest BCUT2D eigenvalue weighted by molar-refractivity contribution is -0.119. The lowest BCUT2D eigenvalue weighted by Crippen LogP contribution is -2.44. The van der Waals surface area contributed by atoms with E-state index in [1.54, 1.807) is 12.1 Å². The highest BCUT2D eigenvalue weighted by atomic mass is 19.1. The Balaban J connectivity index is 1.27. The largest absolute Gasteiger partial charge is 0.490 e. The van der Waals surface area contributed by atoms with Gasteiger partial charge in [-0.2, -0.15) is 0 Å². The maximum Gasteiger partial charge on any atom is 0.227 e. The summed E-state index contributed by atoms with van der Waals surface area (Å²) in [5.41, 5.74) is 2.34. The summed E-state index contributed by atoms with van der Waals surface area (Å²) >= 11 is 0. The van der Waals surface area contributed by atoms with Crippen LogP contribution in [0.25, 0.3) is 0 Å². The van der Waals surface area contributed by atoms with Crippen molar-refractivity contribution in [3.63, 3.8) is 0 Å². The quantitative estimate of drug-likeness (QED) is 0.808. The molecule has 2 aromatic carbocycles. The van der Waals surface area contributed by atoms with E-state index in [1.807, 2.05) is 17.0 Å². The first-order valence-electron chi connectivity index (χ1n) is 9.72. The number of benzene rings is 2. The molecule has 4 rings (SSSR count). The molecule has 0 spiro atoms. The molecule has 2 heterocycles. The molecule has 27 heavy (non-hydrogen) atoms. The molecule has 2 aliphatic heterocycles. The topological polar surface area (TPSA) is 32.8 Å². The van der Waals surface area contributed by atoms with E-state index in [-0.39, 0.29) is 17.8 Å². The van der Waals surface area contributed by atoms with E-state index in [0.29, 0.717) is 6.42 Å². The van der Waals surface area contributed by atoms with Gasteiger partial charge in [-0.05, 0) is 55.2 Å². The van der Waals surface area contributed by atoms with Gasteiger partial charge in [0.15, 0.2) is 0 Å². The zero-order valence-electron chi connectivity index (χ0n) is 15.4. The van der Waals surface area contributed by atoms with Crippen molar-refractivity contribution in [3.8, 4) is 5.75 Å². The molecule has 0 aromatic heterocycles. The number of halogens is 1. The number of amides is 1. The first kappa shape index (κ1) is 18.0. The van der Waals surface area contributed by atoms with Gasteiger partial charge in [0.05, 0.1) is 0 Å². The molecule has 0 atom stereocenters. The second kappa shape index (κ2) is 8.09. The minimum atomic E-state index is -0.244. The first-order valence-corrected chi connectivity index (χ1v) is 9.72. The molecule has 142 valence electrons. The minimum absolute atomic E-state index is 0.170. The molecular weight excluding hydrogens is 343 g/mol. The van der Waals surface area contributed by atoms with Gasteiger partial charge in [0.1, 0.15) is 17.7 Å².